The molecule has 122 valence electrons. The minimum atomic E-state index is -0.634. The lowest BCUT2D eigenvalue weighted by Gasteiger charge is -2.20. The van der Waals surface area contributed by atoms with Crippen molar-refractivity contribution in [3.63, 3.8) is 0 Å². The highest BCUT2D eigenvalue weighted by Gasteiger charge is 2.37. The molecule has 0 amide bonds. The molecule has 0 spiro atoms. The molecule has 0 unspecified atom stereocenters. The normalized spacial score (nSPS) is 26.8. The number of aromatic nitrogens is 2. The second-order valence-corrected chi connectivity index (χ2v) is 6.92. The lowest BCUT2D eigenvalue weighted by Crippen LogP contribution is -2.24. The van der Waals surface area contributed by atoms with Gasteiger partial charge in [0.2, 0.25) is 0 Å². The number of aliphatic carboxylic acids is 1. The molecule has 5 heteroatoms. The van der Waals surface area contributed by atoms with Crippen LogP contribution in [0.4, 0.5) is 0 Å². The molecule has 2 heterocycles. The summed E-state index contributed by atoms with van der Waals surface area (Å²) in [5, 5.41) is 9.44. The molecular formula is C17H27N3O2. The van der Waals surface area contributed by atoms with Gasteiger partial charge < -0.3 is 9.67 Å². The van der Waals surface area contributed by atoms with Crippen molar-refractivity contribution < 1.29 is 9.90 Å². The quantitative estimate of drug-likeness (QED) is 0.878. The summed E-state index contributed by atoms with van der Waals surface area (Å²) in [6.45, 7) is 4.55. The van der Waals surface area contributed by atoms with E-state index in [0.717, 1.165) is 25.9 Å². The third-order valence-electron chi connectivity index (χ3n) is 5.34. The zero-order valence-corrected chi connectivity index (χ0v) is 13.4. The van der Waals surface area contributed by atoms with Crippen LogP contribution in [-0.2, 0) is 11.3 Å². The van der Waals surface area contributed by atoms with Crippen molar-refractivity contribution in [2.75, 3.05) is 13.1 Å². The van der Waals surface area contributed by atoms with Crippen molar-refractivity contribution in [2.45, 2.75) is 58.0 Å². The van der Waals surface area contributed by atoms with E-state index in [1.807, 2.05) is 12.5 Å². The molecule has 0 bridgehead atoms. The molecule has 1 N–H and O–H groups in total. The largest absolute Gasteiger partial charge is 0.481 e. The Kier molecular flexibility index (Phi) is 4.81. The fourth-order valence-corrected chi connectivity index (χ4v) is 4.23. The Morgan fingerprint density at radius 3 is 2.82 bits per heavy atom. The van der Waals surface area contributed by atoms with Crippen LogP contribution in [0, 0.1) is 11.8 Å². The van der Waals surface area contributed by atoms with Gasteiger partial charge in [0.05, 0.1) is 17.9 Å². The van der Waals surface area contributed by atoms with Gasteiger partial charge in [-0.15, -0.1) is 0 Å². The summed E-state index contributed by atoms with van der Waals surface area (Å²) < 4.78 is 2.33. The van der Waals surface area contributed by atoms with Gasteiger partial charge in [-0.2, -0.15) is 0 Å². The van der Waals surface area contributed by atoms with Crippen LogP contribution in [0.3, 0.4) is 0 Å². The molecule has 2 aliphatic rings. The minimum Gasteiger partial charge on any atom is -0.481 e. The summed E-state index contributed by atoms with van der Waals surface area (Å²) in [5.41, 5.74) is 1.24. The first-order chi connectivity index (χ1) is 10.7. The van der Waals surface area contributed by atoms with Gasteiger partial charge in [0.25, 0.3) is 0 Å². The lowest BCUT2D eigenvalue weighted by atomic mass is 9.92. The topological polar surface area (TPSA) is 58.4 Å². The third-order valence-corrected chi connectivity index (χ3v) is 5.34. The van der Waals surface area contributed by atoms with Crippen LogP contribution in [0.1, 0.15) is 57.2 Å². The smallest absolute Gasteiger partial charge is 0.308 e. The van der Waals surface area contributed by atoms with E-state index in [-0.39, 0.29) is 5.92 Å². The number of carboxylic acid groups (broad SMARTS) is 1. The molecule has 0 radical (unpaired) electrons. The van der Waals surface area contributed by atoms with Gasteiger partial charge in [-0.25, -0.2) is 4.98 Å². The molecule has 22 heavy (non-hydrogen) atoms. The summed E-state index contributed by atoms with van der Waals surface area (Å²) in [7, 11) is 0. The molecule has 5 nitrogen and oxygen atoms in total. The van der Waals surface area contributed by atoms with E-state index in [9.17, 15) is 9.90 Å². The maximum absolute atomic E-state index is 11.5. The van der Waals surface area contributed by atoms with Crippen LogP contribution in [0.5, 0.6) is 0 Å². The average Bonchev–Trinajstić information content (AvgIpc) is 3.19. The van der Waals surface area contributed by atoms with Crippen LogP contribution in [0.25, 0.3) is 0 Å². The Labute approximate surface area is 132 Å². The third kappa shape index (κ3) is 3.19. The highest BCUT2D eigenvalue weighted by molar-refractivity contribution is 5.71. The second kappa shape index (κ2) is 6.82. The summed E-state index contributed by atoms with van der Waals surface area (Å²) in [5.74, 6) is -0.543. The summed E-state index contributed by atoms with van der Waals surface area (Å²) in [6.07, 6.45) is 11.1. The maximum atomic E-state index is 11.5. The highest BCUT2D eigenvalue weighted by Crippen LogP contribution is 2.32. The van der Waals surface area contributed by atoms with Crippen LogP contribution in [0.15, 0.2) is 12.5 Å². The monoisotopic (exact) mass is 305 g/mol. The Morgan fingerprint density at radius 2 is 2.14 bits per heavy atom. The first-order valence-electron chi connectivity index (χ1n) is 8.65. The predicted octanol–water partition coefficient (Wildman–Crippen LogP) is 2.93. The summed E-state index contributed by atoms with van der Waals surface area (Å²) in [6, 6.07) is 0.599. The fourth-order valence-electron chi connectivity index (χ4n) is 4.23. The lowest BCUT2D eigenvalue weighted by molar-refractivity contribution is -0.142. The number of carbonyl (C=O) groups is 1. The maximum Gasteiger partial charge on any atom is 0.308 e. The molecule has 2 fully saturated rings. The van der Waals surface area contributed by atoms with Crippen molar-refractivity contribution >= 4 is 5.97 Å². The van der Waals surface area contributed by atoms with E-state index < -0.39 is 5.97 Å². The van der Waals surface area contributed by atoms with Crippen molar-refractivity contribution in [1.29, 1.82) is 0 Å². The molecule has 1 aliphatic heterocycles. The van der Waals surface area contributed by atoms with Crippen LogP contribution < -0.4 is 0 Å². The van der Waals surface area contributed by atoms with E-state index in [1.165, 1.54) is 31.4 Å². The Hall–Kier alpha value is -1.36. The van der Waals surface area contributed by atoms with Crippen LogP contribution >= 0.6 is 0 Å². The van der Waals surface area contributed by atoms with Gasteiger partial charge in [0, 0.05) is 31.9 Å². The van der Waals surface area contributed by atoms with Gasteiger partial charge in [-0.05, 0) is 25.2 Å². The van der Waals surface area contributed by atoms with E-state index in [4.69, 9.17) is 0 Å². The van der Waals surface area contributed by atoms with E-state index in [0.29, 0.717) is 18.5 Å². The van der Waals surface area contributed by atoms with Crippen molar-refractivity contribution in [2.24, 2.45) is 11.8 Å². The number of hydrogen-bond donors (Lipinski definition) is 1. The van der Waals surface area contributed by atoms with Crippen molar-refractivity contribution in [3.8, 4) is 0 Å². The number of hydrogen-bond acceptors (Lipinski definition) is 3. The molecule has 1 aromatic heterocycles. The van der Waals surface area contributed by atoms with Crippen molar-refractivity contribution in [1.82, 2.24) is 14.5 Å². The zero-order valence-electron chi connectivity index (χ0n) is 13.4. The second-order valence-electron chi connectivity index (χ2n) is 6.92. The van der Waals surface area contributed by atoms with Crippen molar-refractivity contribution in [3.05, 3.63) is 18.2 Å². The molecule has 1 aromatic rings. The first-order valence-corrected chi connectivity index (χ1v) is 8.65. The number of nitrogens with zero attached hydrogens (tertiary/aromatic N) is 3. The summed E-state index contributed by atoms with van der Waals surface area (Å²) in [4.78, 5) is 18.1. The molecule has 1 aliphatic carbocycles. The van der Waals surface area contributed by atoms with E-state index >= 15 is 0 Å². The van der Waals surface area contributed by atoms with Gasteiger partial charge in [0.1, 0.15) is 0 Å². The van der Waals surface area contributed by atoms with E-state index in [2.05, 4.69) is 21.4 Å². The summed E-state index contributed by atoms with van der Waals surface area (Å²) >= 11 is 0. The standard InChI is InChI=1S/C17H27N3O2/c1-2-5-13-9-19(11-16(13)17(21)22)10-15-8-18-12-20(15)14-6-3-4-7-14/h8,12-14,16H,2-7,9-11H2,1H3,(H,21,22)/t13-,16-/m1/s1. The minimum absolute atomic E-state index is 0.206. The predicted molar refractivity (Wildman–Crippen MR) is 84.5 cm³/mol. The Morgan fingerprint density at radius 1 is 1.36 bits per heavy atom. The molecule has 3 rings (SSSR count). The number of imidazole rings is 1. The molecule has 1 saturated heterocycles. The van der Waals surface area contributed by atoms with Crippen LogP contribution in [0.2, 0.25) is 0 Å². The van der Waals surface area contributed by atoms with Gasteiger partial charge in [-0.1, -0.05) is 26.2 Å². The SMILES string of the molecule is CCC[C@@H]1CN(Cc2cncn2C2CCCC2)C[C@H]1C(=O)O. The van der Waals surface area contributed by atoms with Crippen LogP contribution in [-0.4, -0.2) is 38.6 Å². The van der Waals surface area contributed by atoms with E-state index in [1.54, 1.807) is 0 Å². The zero-order chi connectivity index (χ0) is 15.5. The number of carboxylic acids is 1. The van der Waals surface area contributed by atoms with Gasteiger partial charge in [-0.3, -0.25) is 9.69 Å². The molecular weight excluding hydrogens is 278 g/mol. The van der Waals surface area contributed by atoms with Gasteiger partial charge >= 0.3 is 5.97 Å². The number of rotatable bonds is 6. The molecule has 2 atom stereocenters. The molecule has 1 saturated carbocycles. The average molecular weight is 305 g/mol. The van der Waals surface area contributed by atoms with Gasteiger partial charge in [0.15, 0.2) is 0 Å². The Bertz CT molecular complexity index is 508. The molecule has 0 aromatic carbocycles. The first kappa shape index (κ1) is 15.5. The highest BCUT2D eigenvalue weighted by atomic mass is 16.4. The number of likely N-dealkylation sites (tertiary alicyclic amines) is 1. The Balaban J connectivity index is 1.66. The fraction of sp³-hybridized carbons (Fsp3) is 0.765.